The first-order valence-corrected chi connectivity index (χ1v) is 5.33. The van der Waals surface area contributed by atoms with Crippen LogP contribution in [0, 0.1) is 10.1 Å². The Morgan fingerprint density at radius 1 is 1.42 bits per heavy atom. The van der Waals surface area contributed by atoms with Crippen molar-refractivity contribution in [2.75, 3.05) is 32.2 Å². The first-order valence-electron chi connectivity index (χ1n) is 5.33. The van der Waals surface area contributed by atoms with Crippen molar-refractivity contribution in [3.8, 4) is 0 Å². The Bertz CT molecular complexity index is 463. The van der Waals surface area contributed by atoms with Crippen molar-refractivity contribution in [3.63, 3.8) is 0 Å². The van der Waals surface area contributed by atoms with Crippen LogP contribution in [-0.2, 0) is 10.9 Å². The van der Waals surface area contributed by atoms with Gasteiger partial charge in [0.05, 0.1) is 11.5 Å². The van der Waals surface area contributed by atoms with Crippen molar-refractivity contribution in [1.82, 2.24) is 0 Å². The summed E-state index contributed by atoms with van der Waals surface area (Å²) in [4.78, 5) is 11.1. The van der Waals surface area contributed by atoms with Gasteiger partial charge in [0.1, 0.15) is 5.56 Å². The number of rotatable bonds is 5. The van der Waals surface area contributed by atoms with Crippen LogP contribution in [0.3, 0.4) is 0 Å². The van der Waals surface area contributed by atoms with Gasteiger partial charge in [0.25, 0.3) is 5.69 Å². The van der Waals surface area contributed by atoms with Crippen LogP contribution >= 0.6 is 0 Å². The van der Waals surface area contributed by atoms with E-state index in [1.807, 2.05) is 0 Å². The van der Waals surface area contributed by atoms with E-state index in [0.717, 1.165) is 12.1 Å². The van der Waals surface area contributed by atoms with Gasteiger partial charge in [-0.15, -0.1) is 0 Å². The van der Waals surface area contributed by atoms with Crippen molar-refractivity contribution in [2.24, 2.45) is 0 Å². The normalized spacial score (nSPS) is 11.4. The standard InChI is InChI=1S/C11H13F3N2O3/c1-15(5-6-19-2)8-3-4-10(16(17)18)9(7-8)11(12,13)14/h3-4,7H,5-6H2,1-2H3. The van der Waals surface area contributed by atoms with Gasteiger partial charge in [-0.2, -0.15) is 13.2 Å². The summed E-state index contributed by atoms with van der Waals surface area (Å²) in [5.41, 5.74) is -1.95. The molecule has 1 aromatic carbocycles. The van der Waals surface area contributed by atoms with E-state index >= 15 is 0 Å². The fourth-order valence-corrected chi connectivity index (χ4v) is 1.51. The third kappa shape index (κ3) is 3.82. The van der Waals surface area contributed by atoms with Crippen LogP contribution in [-0.4, -0.2) is 32.2 Å². The number of nitro groups is 1. The molecule has 0 aliphatic carbocycles. The summed E-state index contributed by atoms with van der Waals surface area (Å²) in [7, 11) is 3.06. The second kappa shape index (κ2) is 5.87. The molecule has 0 saturated carbocycles. The molecule has 0 unspecified atom stereocenters. The maximum Gasteiger partial charge on any atom is 0.423 e. The van der Waals surface area contributed by atoms with E-state index < -0.39 is 22.4 Å². The van der Waals surface area contributed by atoms with Gasteiger partial charge in [0, 0.05) is 32.5 Å². The molecule has 19 heavy (non-hydrogen) atoms. The Morgan fingerprint density at radius 2 is 2.05 bits per heavy atom. The Hall–Kier alpha value is -1.83. The number of ether oxygens (including phenoxy) is 1. The highest BCUT2D eigenvalue weighted by Crippen LogP contribution is 2.38. The Morgan fingerprint density at radius 3 is 2.53 bits per heavy atom. The number of alkyl halides is 3. The van der Waals surface area contributed by atoms with Crippen molar-refractivity contribution in [2.45, 2.75) is 6.18 Å². The molecule has 0 spiro atoms. The van der Waals surface area contributed by atoms with Gasteiger partial charge in [0.15, 0.2) is 0 Å². The van der Waals surface area contributed by atoms with Crippen LogP contribution in [0.2, 0.25) is 0 Å². The zero-order valence-electron chi connectivity index (χ0n) is 10.4. The minimum atomic E-state index is -4.76. The van der Waals surface area contributed by atoms with E-state index in [-0.39, 0.29) is 5.69 Å². The molecule has 0 saturated heterocycles. The number of methoxy groups -OCH3 is 1. The van der Waals surface area contributed by atoms with E-state index in [9.17, 15) is 23.3 Å². The first kappa shape index (κ1) is 15.2. The third-order valence-electron chi connectivity index (χ3n) is 2.55. The molecule has 0 radical (unpaired) electrons. The lowest BCUT2D eigenvalue weighted by Crippen LogP contribution is -2.22. The first-order chi connectivity index (χ1) is 8.77. The topological polar surface area (TPSA) is 55.6 Å². The molecule has 0 bridgehead atoms. The van der Waals surface area contributed by atoms with Crippen molar-refractivity contribution in [1.29, 1.82) is 0 Å². The lowest BCUT2D eigenvalue weighted by atomic mass is 10.1. The SMILES string of the molecule is COCCN(C)c1ccc([N+](=O)[O-])c(C(F)(F)F)c1. The second-order valence-corrected chi connectivity index (χ2v) is 3.87. The van der Waals surface area contributed by atoms with Crippen LogP contribution in [0.4, 0.5) is 24.5 Å². The molecule has 1 aromatic rings. The Kier molecular flexibility index (Phi) is 4.71. The molecule has 8 heteroatoms. The molecule has 0 fully saturated rings. The molecule has 0 atom stereocenters. The highest BCUT2D eigenvalue weighted by molar-refractivity contribution is 5.56. The van der Waals surface area contributed by atoms with Crippen LogP contribution in [0.5, 0.6) is 0 Å². The maximum atomic E-state index is 12.8. The average Bonchev–Trinajstić information content (AvgIpc) is 2.34. The molecule has 0 aliphatic rings. The summed E-state index contributed by atoms with van der Waals surface area (Å²) in [5.74, 6) is 0. The lowest BCUT2D eigenvalue weighted by molar-refractivity contribution is -0.388. The van der Waals surface area contributed by atoms with Crippen molar-refractivity contribution in [3.05, 3.63) is 33.9 Å². The summed E-state index contributed by atoms with van der Waals surface area (Å²) >= 11 is 0. The molecular formula is C11H13F3N2O3. The van der Waals surface area contributed by atoms with E-state index in [0.29, 0.717) is 13.2 Å². The van der Waals surface area contributed by atoms with Crippen LogP contribution < -0.4 is 4.90 Å². The van der Waals surface area contributed by atoms with Crippen LogP contribution in [0.15, 0.2) is 18.2 Å². The summed E-state index contributed by atoms with van der Waals surface area (Å²) < 4.78 is 43.1. The number of benzene rings is 1. The molecule has 0 aromatic heterocycles. The van der Waals surface area contributed by atoms with Gasteiger partial charge in [0.2, 0.25) is 0 Å². The zero-order chi connectivity index (χ0) is 14.6. The summed E-state index contributed by atoms with van der Waals surface area (Å²) in [6, 6.07) is 2.91. The molecule has 0 amide bonds. The summed E-state index contributed by atoms with van der Waals surface area (Å²) in [6.07, 6.45) is -4.76. The highest BCUT2D eigenvalue weighted by atomic mass is 19.4. The Labute approximate surface area is 107 Å². The summed E-state index contributed by atoms with van der Waals surface area (Å²) in [5, 5.41) is 10.6. The molecule has 5 nitrogen and oxygen atoms in total. The van der Waals surface area contributed by atoms with Gasteiger partial charge < -0.3 is 9.64 Å². The van der Waals surface area contributed by atoms with Gasteiger partial charge in [-0.05, 0) is 12.1 Å². The maximum absolute atomic E-state index is 12.8. The number of nitro benzene ring substituents is 1. The minimum Gasteiger partial charge on any atom is -0.383 e. The summed E-state index contributed by atoms with van der Waals surface area (Å²) in [6.45, 7) is 0.723. The third-order valence-corrected chi connectivity index (χ3v) is 2.55. The van der Waals surface area contributed by atoms with E-state index in [1.54, 1.807) is 7.05 Å². The molecule has 1 rings (SSSR count). The van der Waals surface area contributed by atoms with Crippen molar-refractivity contribution < 1.29 is 22.8 Å². The number of likely N-dealkylation sites (N-methyl/N-ethyl adjacent to an activating group) is 1. The molecule has 0 aliphatic heterocycles. The van der Waals surface area contributed by atoms with Crippen LogP contribution in [0.1, 0.15) is 5.56 Å². The number of hydrogen-bond donors (Lipinski definition) is 0. The second-order valence-electron chi connectivity index (χ2n) is 3.87. The molecule has 0 heterocycles. The fraction of sp³-hybridized carbons (Fsp3) is 0.455. The molecule has 0 N–H and O–H groups in total. The smallest absolute Gasteiger partial charge is 0.383 e. The largest absolute Gasteiger partial charge is 0.423 e. The highest BCUT2D eigenvalue weighted by Gasteiger charge is 2.38. The predicted octanol–water partition coefficient (Wildman–Crippen LogP) is 2.70. The number of anilines is 1. The van der Waals surface area contributed by atoms with E-state index in [2.05, 4.69) is 0 Å². The van der Waals surface area contributed by atoms with E-state index in [4.69, 9.17) is 4.74 Å². The minimum absolute atomic E-state index is 0.245. The fourth-order valence-electron chi connectivity index (χ4n) is 1.51. The lowest BCUT2D eigenvalue weighted by Gasteiger charge is -2.20. The van der Waals surface area contributed by atoms with E-state index in [1.165, 1.54) is 18.1 Å². The monoisotopic (exact) mass is 278 g/mol. The number of nitrogens with zero attached hydrogens (tertiary/aromatic N) is 2. The van der Waals surface area contributed by atoms with Crippen molar-refractivity contribution >= 4 is 11.4 Å². The van der Waals surface area contributed by atoms with Gasteiger partial charge in [-0.25, -0.2) is 0 Å². The molecule has 106 valence electrons. The van der Waals surface area contributed by atoms with Gasteiger partial charge in [-0.1, -0.05) is 0 Å². The Balaban J connectivity index is 3.15. The zero-order valence-corrected chi connectivity index (χ0v) is 10.4. The van der Waals surface area contributed by atoms with Gasteiger partial charge in [-0.3, -0.25) is 10.1 Å². The van der Waals surface area contributed by atoms with Gasteiger partial charge >= 0.3 is 6.18 Å². The quantitative estimate of drug-likeness (QED) is 0.614. The average molecular weight is 278 g/mol. The number of halogens is 3. The molecular weight excluding hydrogens is 265 g/mol. The number of hydrogen-bond acceptors (Lipinski definition) is 4. The predicted molar refractivity (Wildman–Crippen MR) is 63.2 cm³/mol. The van der Waals surface area contributed by atoms with Crippen LogP contribution in [0.25, 0.3) is 0 Å².